The third-order valence-electron chi connectivity index (χ3n) is 4.54. The molecule has 0 radical (unpaired) electrons. The third kappa shape index (κ3) is 1.83. The van der Waals surface area contributed by atoms with Crippen LogP contribution < -0.4 is 0 Å². The zero-order valence-corrected chi connectivity index (χ0v) is 10.3. The standard InChI is InChI=1S/C15H18O3/c16-14(17)15(6-8-18-9-7-15)13-10-12(13)11-4-2-1-3-5-11/h1-5,12-13H,6-10H2,(H,16,17). The van der Waals surface area contributed by atoms with Gasteiger partial charge in [-0.1, -0.05) is 30.3 Å². The highest BCUT2D eigenvalue weighted by molar-refractivity contribution is 5.76. The largest absolute Gasteiger partial charge is 0.481 e. The van der Waals surface area contributed by atoms with Crippen LogP contribution in [0.1, 0.15) is 30.7 Å². The van der Waals surface area contributed by atoms with Gasteiger partial charge in [-0.3, -0.25) is 4.79 Å². The first kappa shape index (κ1) is 11.7. The van der Waals surface area contributed by atoms with Gasteiger partial charge in [0, 0.05) is 13.2 Å². The van der Waals surface area contributed by atoms with Gasteiger partial charge in [0.2, 0.25) is 0 Å². The summed E-state index contributed by atoms with van der Waals surface area (Å²) in [4.78, 5) is 11.7. The van der Waals surface area contributed by atoms with Gasteiger partial charge in [-0.25, -0.2) is 0 Å². The molecule has 2 atom stereocenters. The molecule has 2 aliphatic rings. The molecule has 1 saturated heterocycles. The van der Waals surface area contributed by atoms with E-state index in [2.05, 4.69) is 12.1 Å². The molecule has 3 rings (SSSR count). The summed E-state index contributed by atoms with van der Waals surface area (Å²) in [5, 5.41) is 9.61. The fourth-order valence-corrected chi connectivity index (χ4v) is 3.35. The summed E-state index contributed by atoms with van der Waals surface area (Å²) in [7, 11) is 0. The molecular formula is C15H18O3. The SMILES string of the molecule is O=C(O)C1(C2CC2c2ccccc2)CCOCC1. The summed E-state index contributed by atoms with van der Waals surface area (Å²) < 4.78 is 5.33. The lowest BCUT2D eigenvalue weighted by atomic mass is 9.74. The van der Waals surface area contributed by atoms with Crippen LogP contribution in [-0.2, 0) is 9.53 Å². The Balaban J connectivity index is 1.81. The minimum atomic E-state index is -0.630. The van der Waals surface area contributed by atoms with Gasteiger partial charge in [0.1, 0.15) is 0 Å². The zero-order valence-electron chi connectivity index (χ0n) is 10.3. The van der Waals surface area contributed by atoms with Crippen molar-refractivity contribution in [1.29, 1.82) is 0 Å². The lowest BCUT2D eigenvalue weighted by molar-refractivity contribution is -0.157. The molecule has 2 unspecified atom stereocenters. The lowest BCUT2D eigenvalue weighted by Crippen LogP contribution is -2.39. The van der Waals surface area contributed by atoms with Gasteiger partial charge in [0.15, 0.2) is 0 Å². The lowest BCUT2D eigenvalue weighted by Gasteiger charge is -2.33. The molecule has 1 heterocycles. The van der Waals surface area contributed by atoms with Crippen molar-refractivity contribution >= 4 is 5.97 Å². The molecule has 18 heavy (non-hydrogen) atoms. The quantitative estimate of drug-likeness (QED) is 0.892. The Kier molecular flexibility index (Phi) is 2.86. The van der Waals surface area contributed by atoms with Crippen molar-refractivity contribution < 1.29 is 14.6 Å². The van der Waals surface area contributed by atoms with Crippen LogP contribution in [-0.4, -0.2) is 24.3 Å². The molecule has 3 nitrogen and oxygen atoms in total. The number of carboxylic acid groups (broad SMARTS) is 1. The fraction of sp³-hybridized carbons (Fsp3) is 0.533. The molecule has 96 valence electrons. The van der Waals surface area contributed by atoms with E-state index in [4.69, 9.17) is 4.74 Å². The summed E-state index contributed by atoms with van der Waals surface area (Å²) >= 11 is 0. The van der Waals surface area contributed by atoms with Crippen LogP contribution in [0.25, 0.3) is 0 Å². The van der Waals surface area contributed by atoms with E-state index in [1.165, 1.54) is 5.56 Å². The van der Waals surface area contributed by atoms with Crippen molar-refractivity contribution in [2.45, 2.75) is 25.2 Å². The number of carbonyl (C=O) groups is 1. The number of aliphatic carboxylic acids is 1. The molecule has 1 aromatic rings. The molecule has 0 bridgehead atoms. The second-order valence-electron chi connectivity index (χ2n) is 5.43. The third-order valence-corrected chi connectivity index (χ3v) is 4.54. The van der Waals surface area contributed by atoms with E-state index in [1.54, 1.807) is 0 Å². The molecular weight excluding hydrogens is 228 g/mol. The molecule has 1 N–H and O–H groups in total. The van der Waals surface area contributed by atoms with E-state index in [0.717, 1.165) is 6.42 Å². The number of hydrogen-bond donors (Lipinski definition) is 1. The number of hydrogen-bond acceptors (Lipinski definition) is 2. The first-order valence-corrected chi connectivity index (χ1v) is 6.60. The van der Waals surface area contributed by atoms with Crippen LogP contribution in [0.4, 0.5) is 0 Å². The maximum Gasteiger partial charge on any atom is 0.310 e. The second-order valence-corrected chi connectivity index (χ2v) is 5.43. The fourth-order valence-electron chi connectivity index (χ4n) is 3.35. The normalized spacial score (nSPS) is 29.8. The Morgan fingerprint density at radius 2 is 1.89 bits per heavy atom. The van der Waals surface area contributed by atoms with Crippen molar-refractivity contribution in [1.82, 2.24) is 0 Å². The molecule has 1 aliphatic carbocycles. The van der Waals surface area contributed by atoms with Crippen LogP contribution in [0.2, 0.25) is 0 Å². The van der Waals surface area contributed by atoms with Gasteiger partial charge in [-0.15, -0.1) is 0 Å². The average molecular weight is 246 g/mol. The highest BCUT2D eigenvalue weighted by Crippen LogP contribution is 2.60. The van der Waals surface area contributed by atoms with Gasteiger partial charge in [-0.05, 0) is 36.7 Å². The summed E-state index contributed by atoms with van der Waals surface area (Å²) in [6, 6.07) is 10.3. The van der Waals surface area contributed by atoms with Gasteiger partial charge in [0.05, 0.1) is 5.41 Å². The second kappa shape index (κ2) is 4.39. The number of rotatable bonds is 3. The van der Waals surface area contributed by atoms with Crippen molar-refractivity contribution in [2.24, 2.45) is 11.3 Å². The summed E-state index contributed by atoms with van der Waals surface area (Å²) in [6.07, 6.45) is 2.34. The predicted octanol–water partition coefficient (Wildman–Crippen LogP) is 2.67. The van der Waals surface area contributed by atoms with Crippen LogP contribution in [0.3, 0.4) is 0 Å². The van der Waals surface area contributed by atoms with Crippen LogP contribution >= 0.6 is 0 Å². The topological polar surface area (TPSA) is 46.5 Å². The Hall–Kier alpha value is -1.35. The molecule has 1 saturated carbocycles. The van der Waals surface area contributed by atoms with Gasteiger partial charge < -0.3 is 9.84 Å². The maximum atomic E-state index is 11.7. The van der Waals surface area contributed by atoms with E-state index >= 15 is 0 Å². The van der Waals surface area contributed by atoms with Gasteiger partial charge in [0.25, 0.3) is 0 Å². The van der Waals surface area contributed by atoms with Crippen LogP contribution in [0, 0.1) is 11.3 Å². The number of benzene rings is 1. The van der Waals surface area contributed by atoms with E-state index in [0.29, 0.717) is 37.9 Å². The highest BCUT2D eigenvalue weighted by atomic mass is 16.5. The molecule has 0 amide bonds. The summed E-state index contributed by atoms with van der Waals surface area (Å²) in [5.41, 5.74) is 0.744. The van der Waals surface area contributed by atoms with E-state index in [-0.39, 0.29) is 0 Å². The Morgan fingerprint density at radius 1 is 1.22 bits per heavy atom. The molecule has 0 spiro atoms. The zero-order chi connectivity index (χ0) is 12.6. The van der Waals surface area contributed by atoms with Gasteiger partial charge in [-0.2, -0.15) is 0 Å². The Bertz CT molecular complexity index is 434. The van der Waals surface area contributed by atoms with Crippen molar-refractivity contribution in [3.05, 3.63) is 35.9 Å². The molecule has 3 heteroatoms. The average Bonchev–Trinajstić information content (AvgIpc) is 3.21. The predicted molar refractivity (Wildman–Crippen MR) is 67.4 cm³/mol. The highest BCUT2D eigenvalue weighted by Gasteiger charge is 2.57. The number of carboxylic acids is 1. The smallest absolute Gasteiger partial charge is 0.310 e. The molecule has 0 aromatic heterocycles. The Morgan fingerprint density at radius 3 is 2.50 bits per heavy atom. The van der Waals surface area contributed by atoms with E-state index in [1.807, 2.05) is 18.2 Å². The van der Waals surface area contributed by atoms with Crippen molar-refractivity contribution in [2.75, 3.05) is 13.2 Å². The van der Waals surface area contributed by atoms with Crippen LogP contribution in [0.15, 0.2) is 30.3 Å². The molecule has 2 fully saturated rings. The first-order chi connectivity index (χ1) is 8.74. The molecule has 1 aromatic carbocycles. The summed E-state index contributed by atoms with van der Waals surface area (Å²) in [5.74, 6) is 0.0935. The minimum absolute atomic E-state index is 0.293. The minimum Gasteiger partial charge on any atom is -0.481 e. The van der Waals surface area contributed by atoms with Gasteiger partial charge >= 0.3 is 5.97 Å². The maximum absolute atomic E-state index is 11.7. The molecule has 1 aliphatic heterocycles. The summed E-state index contributed by atoms with van der Waals surface area (Å²) in [6.45, 7) is 1.18. The van der Waals surface area contributed by atoms with Crippen molar-refractivity contribution in [3.8, 4) is 0 Å². The van der Waals surface area contributed by atoms with Crippen LogP contribution in [0.5, 0.6) is 0 Å². The monoisotopic (exact) mass is 246 g/mol. The number of ether oxygens (including phenoxy) is 1. The van der Waals surface area contributed by atoms with E-state index in [9.17, 15) is 9.90 Å². The van der Waals surface area contributed by atoms with E-state index < -0.39 is 11.4 Å². The van der Waals surface area contributed by atoms with Crippen molar-refractivity contribution in [3.63, 3.8) is 0 Å². The Labute approximate surface area is 107 Å². The first-order valence-electron chi connectivity index (χ1n) is 6.60.